The Morgan fingerprint density at radius 2 is 1.66 bits per heavy atom. The van der Waals surface area contributed by atoms with Gasteiger partial charge in [-0.3, -0.25) is 29.0 Å². The van der Waals surface area contributed by atoms with Crippen LogP contribution in [0.4, 0.5) is 5.69 Å². The quantitative estimate of drug-likeness (QED) is 0.135. The molecule has 4 amide bonds. The van der Waals surface area contributed by atoms with Crippen molar-refractivity contribution in [1.29, 1.82) is 0 Å². The van der Waals surface area contributed by atoms with Crippen LogP contribution in [0.5, 0.6) is 17.2 Å². The minimum atomic E-state index is -2.09. The summed E-state index contributed by atoms with van der Waals surface area (Å²) in [5, 5.41) is 29.7. The molecule has 0 radical (unpaired) electrons. The zero-order chi connectivity index (χ0) is 31.9. The highest BCUT2D eigenvalue weighted by Gasteiger charge is 2.76. The Morgan fingerprint density at radius 3 is 2.25 bits per heavy atom. The van der Waals surface area contributed by atoms with Crippen LogP contribution in [0.2, 0.25) is 0 Å². The number of anilines is 1. The number of halogens is 3. The van der Waals surface area contributed by atoms with Gasteiger partial charge >= 0.3 is 7.12 Å². The van der Waals surface area contributed by atoms with Gasteiger partial charge in [-0.2, -0.15) is 0 Å². The number of amides is 4. The first-order valence-electron chi connectivity index (χ1n) is 13.6. The lowest BCUT2D eigenvalue weighted by molar-refractivity contribution is -0.138. The van der Waals surface area contributed by atoms with Gasteiger partial charge in [0.2, 0.25) is 11.8 Å². The molecule has 3 fully saturated rings. The first-order chi connectivity index (χ1) is 20.8. The molecule has 44 heavy (non-hydrogen) atoms. The number of imide groups is 2. The summed E-state index contributed by atoms with van der Waals surface area (Å²) in [7, 11) is 0.905. The third-order valence-corrected chi connectivity index (χ3v) is 11.2. The van der Waals surface area contributed by atoms with E-state index in [4.69, 9.17) is 32.7 Å². The zero-order valence-corrected chi connectivity index (χ0v) is 26.5. The van der Waals surface area contributed by atoms with Crippen molar-refractivity contribution in [1.82, 2.24) is 4.90 Å². The summed E-state index contributed by atoms with van der Waals surface area (Å²) in [6.45, 7) is 0. The van der Waals surface area contributed by atoms with E-state index in [9.17, 15) is 34.3 Å². The van der Waals surface area contributed by atoms with E-state index in [2.05, 4.69) is 15.9 Å². The molecule has 0 spiro atoms. The van der Waals surface area contributed by atoms with Crippen LogP contribution in [0.1, 0.15) is 24.3 Å². The Bertz CT molecular complexity index is 1630. The first-order valence-corrected chi connectivity index (χ1v) is 15.5. The molecule has 0 unspecified atom stereocenters. The molecule has 4 aliphatic rings. The van der Waals surface area contributed by atoms with Crippen LogP contribution < -0.4 is 19.8 Å². The maximum Gasteiger partial charge on any atom is 0.488 e. The topological polar surface area (TPSA) is 154 Å². The van der Waals surface area contributed by atoms with Crippen LogP contribution in [-0.4, -0.2) is 80.2 Å². The Morgan fingerprint density at radius 1 is 1.00 bits per heavy atom. The molecule has 230 valence electrons. The van der Waals surface area contributed by atoms with E-state index >= 15 is 0 Å². The Hall–Kier alpha value is -3.10. The van der Waals surface area contributed by atoms with Gasteiger partial charge < -0.3 is 24.6 Å². The Balaban J connectivity index is 1.56. The number of carbonyl (C=O) groups is 4. The number of rotatable bonds is 6. The number of aromatic hydroxyl groups is 1. The molecule has 3 N–H and O–H groups in total. The van der Waals surface area contributed by atoms with Gasteiger partial charge in [-0.1, -0.05) is 39.7 Å². The van der Waals surface area contributed by atoms with E-state index < -0.39 is 64.2 Å². The number of phenolic OH excluding ortho intramolecular Hbond substituents is 1. The number of ether oxygens (including phenoxy) is 2. The number of benzene rings is 2. The second kappa shape index (κ2) is 10.8. The third kappa shape index (κ3) is 4.02. The SMILES string of the molecule is COc1cc(O)cc(OC)c1[C@H]1C2=CC[C@@H]3C(=O)N(c4cccc(B(O)O)c4)C(=O)[C@@H]3[C@@H]2C[C@@]2(Cl)C(=O)N(CBr)C(=O)[C@@]12Cl. The monoisotopic (exact) mass is 706 g/mol. The molecule has 0 bridgehead atoms. The smallest absolute Gasteiger partial charge is 0.488 e. The molecule has 0 aromatic heterocycles. The lowest BCUT2D eigenvalue weighted by Gasteiger charge is -2.51. The summed E-state index contributed by atoms with van der Waals surface area (Å²) in [6.07, 6.45) is 1.66. The number of phenols is 1. The molecule has 2 aromatic carbocycles. The van der Waals surface area contributed by atoms with Gasteiger partial charge in [0.25, 0.3) is 11.8 Å². The third-order valence-electron chi connectivity index (χ3n) is 9.26. The van der Waals surface area contributed by atoms with E-state index in [1.807, 2.05) is 0 Å². The number of hydrogen-bond donors (Lipinski definition) is 3. The largest absolute Gasteiger partial charge is 0.508 e. The number of carbonyl (C=O) groups excluding carboxylic acids is 4. The van der Waals surface area contributed by atoms with Crippen molar-refractivity contribution in [3.05, 3.63) is 53.6 Å². The maximum absolute atomic E-state index is 14.2. The standard InChI is InChI=1S/C29H26BBrCl2N2O9/c1-43-19-9-15(36)10-20(44-2)22(19)23-16-6-7-17-21(18(16)11-28(32)26(39)34(12-31)27(40)29(23,28)33)25(38)35(24(17)37)14-5-3-4-13(8-14)30(41)42/h3-6,8-10,17-18,21,23,36,41-42H,7,11-12H2,1-2H3/t17-,18+,21-,23+,28+,29-/m0/s1. The fourth-order valence-corrected chi connectivity index (χ4v) is 8.77. The molecular weight excluding hydrogens is 682 g/mol. The minimum absolute atomic E-state index is 0.0950. The number of nitrogens with zero attached hydrogens (tertiary/aromatic N) is 2. The number of likely N-dealkylation sites (tertiary alicyclic amines) is 1. The fraction of sp³-hybridized carbons (Fsp3) is 0.379. The minimum Gasteiger partial charge on any atom is -0.508 e. The lowest BCUT2D eigenvalue weighted by atomic mass is 9.56. The van der Waals surface area contributed by atoms with Crippen molar-refractivity contribution in [2.75, 3.05) is 24.6 Å². The summed E-state index contributed by atoms with van der Waals surface area (Å²) in [6, 6.07) is 8.46. The van der Waals surface area contributed by atoms with Gasteiger partial charge in [0.15, 0.2) is 9.75 Å². The molecule has 2 aromatic rings. The number of fused-ring (bicyclic) bond motifs is 4. The van der Waals surface area contributed by atoms with Crippen LogP contribution in [0.25, 0.3) is 0 Å². The second-order valence-electron chi connectivity index (χ2n) is 11.2. The van der Waals surface area contributed by atoms with Gasteiger partial charge in [0.05, 0.1) is 37.2 Å². The Labute approximate surface area is 270 Å². The van der Waals surface area contributed by atoms with Crippen LogP contribution in [-0.2, 0) is 19.2 Å². The highest BCUT2D eigenvalue weighted by molar-refractivity contribution is 9.09. The van der Waals surface area contributed by atoms with Crippen LogP contribution in [0.15, 0.2) is 48.0 Å². The predicted molar refractivity (Wildman–Crippen MR) is 163 cm³/mol. The predicted octanol–water partition coefficient (Wildman–Crippen LogP) is 2.00. The normalized spacial score (nSPS) is 31.0. The van der Waals surface area contributed by atoms with Gasteiger partial charge in [-0.05, 0) is 36.4 Å². The van der Waals surface area contributed by atoms with Crippen LogP contribution >= 0.6 is 39.1 Å². The molecular formula is C29H26BBrCl2N2O9. The van der Waals surface area contributed by atoms with Crippen molar-refractivity contribution >= 4 is 81.0 Å². The summed E-state index contributed by atoms with van der Waals surface area (Å²) in [4.78, 5) is 53.7. The molecule has 2 heterocycles. The summed E-state index contributed by atoms with van der Waals surface area (Å²) < 4.78 is 11.2. The molecule has 11 nitrogen and oxygen atoms in total. The molecule has 2 saturated heterocycles. The number of alkyl halides is 3. The Kier molecular flexibility index (Phi) is 7.56. The van der Waals surface area contributed by atoms with Crippen molar-refractivity contribution in [2.45, 2.75) is 28.5 Å². The molecule has 2 aliphatic carbocycles. The van der Waals surface area contributed by atoms with Crippen LogP contribution in [0.3, 0.4) is 0 Å². The highest BCUT2D eigenvalue weighted by atomic mass is 79.9. The number of methoxy groups -OCH3 is 2. The summed E-state index contributed by atoms with van der Waals surface area (Å²) in [5.41, 5.74) is 0.842. The lowest BCUT2D eigenvalue weighted by Crippen LogP contribution is -2.60. The summed E-state index contributed by atoms with van der Waals surface area (Å²) >= 11 is 17.8. The van der Waals surface area contributed by atoms with Crippen molar-refractivity contribution < 1.29 is 43.8 Å². The second-order valence-corrected chi connectivity index (χ2v) is 13.0. The molecule has 15 heteroatoms. The van der Waals surface area contributed by atoms with Crippen molar-refractivity contribution in [2.24, 2.45) is 17.8 Å². The fourth-order valence-electron chi connectivity index (χ4n) is 7.36. The number of allylic oxidation sites excluding steroid dienone is 2. The van der Waals surface area contributed by atoms with E-state index in [-0.39, 0.29) is 52.3 Å². The zero-order valence-electron chi connectivity index (χ0n) is 23.4. The van der Waals surface area contributed by atoms with E-state index in [0.717, 1.165) is 9.80 Å². The van der Waals surface area contributed by atoms with Gasteiger partial charge in [0.1, 0.15) is 17.2 Å². The van der Waals surface area contributed by atoms with Crippen molar-refractivity contribution in [3.8, 4) is 17.2 Å². The molecule has 6 atom stereocenters. The molecule has 6 rings (SSSR count). The average molecular weight is 708 g/mol. The van der Waals surface area contributed by atoms with Crippen LogP contribution in [0, 0.1) is 17.8 Å². The molecule has 1 saturated carbocycles. The van der Waals surface area contributed by atoms with Gasteiger partial charge in [-0.15, -0.1) is 23.2 Å². The maximum atomic E-state index is 14.2. The highest BCUT2D eigenvalue weighted by Crippen LogP contribution is 2.67. The average Bonchev–Trinajstić information content (AvgIpc) is 3.34. The molecule has 2 aliphatic heterocycles. The van der Waals surface area contributed by atoms with E-state index in [1.165, 1.54) is 50.6 Å². The number of hydrogen-bond acceptors (Lipinski definition) is 9. The van der Waals surface area contributed by atoms with Gasteiger partial charge in [0, 0.05) is 23.6 Å². The van der Waals surface area contributed by atoms with Crippen molar-refractivity contribution in [3.63, 3.8) is 0 Å². The van der Waals surface area contributed by atoms with E-state index in [0.29, 0.717) is 5.57 Å². The van der Waals surface area contributed by atoms with E-state index in [1.54, 1.807) is 6.08 Å². The van der Waals surface area contributed by atoms with Gasteiger partial charge in [-0.25, -0.2) is 0 Å². The summed E-state index contributed by atoms with van der Waals surface area (Å²) in [5.74, 6) is -6.28. The first kappa shape index (κ1) is 30.9.